The summed E-state index contributed by atoms with van der Waals surface area (Å²) in [7, 11) is 0. The molecule has 3 unspecified atom stereocenters. The number of rotatable bonds is 3. The van der Waals surface area contributed by atoms with Gasteiger partial charge in [-0.1, -0.05) is 6.42 Å². The summed E-state index contributed by atoms with van der Waals surface area (Å²) in [5.74, 6) is 1.51. The molecule has 1 heterocycles. The van der Waals surface area contributed by atoms with Crippen LogP contribution in [0.4, 0.5) is 0 Å². The van der Waals surface area contributed by atoms with Crippen LogP contribution in [0.2, 0.25) is 0 Å². The van der Waals surface area contributed by atoms with Gasteiger partial charge in [0.25, 0.3) is 0 Å². The van der Waals surface area contributed by atoms with Gasteiger partial charge in [0.1, 0.15) is 0 Å². The number of carbonyl (C=O) groups excluding carboxylic acids is 1. The number of amides is 1. The molecule has 0 radical (unpaired) electrons. The Kier molecular flexibility index (Phi) is 3.82. The largest absolute Gasteiger partial charge is 0.355 e. The number of nitrogens with one attached hydrogen (secondary N) is 1. The van der Waals surface area contributed by atoms with E-state index in [-0.39, 0.29) is 5.91 Å². The lowest BCUT2D eigenvalue weighted by molar-refractivity contribution is -0.121. The highest BCUT2D eigenvalue weighted by Crippen LogP contribution is 2.35. The molecule has 1 amide bonds. The Morgan fingerprint density at radius 2 is 2.25 bits per heavy atom. The van der Waals surface area contributed by atoms with Crippen LogP contribution in [0.5, 0.6) is 0 Å². The highest BCUT2D eigenvalue weighted by molar-refractivity contribution is 5.77. The summed E-state index contributed by atoms with van der Waals surface area (Å²) in [5, 5.41) is 2.85. The van der Waals surface area contributed by atoms with Gasteiger partial charge in [0.2, 0.25) is 5.91 Å². The highest BCUT2D eigenvalue weighted by atomic mass is 16.2. The van der Waals surface area contributed by atoms with Crippen LogP contribution in [0.1, 0.15) is 26.2 Å². The number of nitrogens with two attached hydrogens (primary N) is 1. The van der Waals surface area contributed by atoms with Crippen LogP contribution in [-0.2, 0) is 4.79 Å². The van der Waals surface area contributed by atoms with Crippen molar-refractivity contribution >= 4 is 5.91 Å². The minimum absolute atomic E-state index is 0.148. The molecule has 16 heavy (non-hydrogen) atoms. The van der Waals surface area contributed by atoms with Crippen molar-refractivity contribution in [1.82, 2.24) is 10.2 Å². The highest BCUT2D eigenvalue weighted by Gasteiger charge is 2.38. The standard InChI is InChI=1S/C12H23N3O/c1-2-14-12(16)8-15-6-9-4-3-5-11(13)10(9)7-15/h9-11H,2-8,13H2,1H3,(H,14,16). The third kappa shape index (κ3) is 2.55. The van der Waals surface area contributed by atoms with Gasteiger partial charge in [-0.05, 0) is 31.6 Å². The fourth-order valence-corrected chi connectivity index (χ4v) is 3.19. The van der Waals surface area contributed by atoms with Crippen molar-refractivity contribution < 1.29 is 4.79 Å². The van der Waals surface area contributed by atoms with Crippen molar-refractivity contribution in [1.29, 1.82) is 0 Å². The van der Waals surface area contributed by atoms with Gasteiger partial charge in [-0.15, -0.1) is 0 Å². The Labute approximate surface area is 97.6 Å². The molecule has 0 bridgehead atoms. The van der Waals surface area contributed by atoms with Crippen LogP contribution in [0.15, 0.2) is 0 Å². The van der Waals surface area contributed by atoms with E-state index in [0.717, 1.165) is 32.0 Å². The van der Waals surface area contributed by atoms with E-state index < -0.39 is 0 Å². The number of nitrogens with zero attached hydrogens (tertiary/aromatic N) is 1. The number of likely N-dealkylation sites (N-methyl/N-ethyl adjacent to an activating group) is 1. The number of fused-ring (bicyclic) bond motifs is 1. The van der Waals surface area contributed by atoms with Gasteiger partial charge in [-0.25, -0.2) is 0 Å². The molecule has 3 N–H and O–H groups in total. The van der Waals surface area contributed by atoms with Crippen molar-refractivity contribution in [2.75, 3.05) is 26.2 Å². The van der Waals surface area contributed by atoms with Gasteiger partial charge in [0, 0.05) is 25.7 Å². The van der Waals surface area contributed by atoms with Crippen molar-refractivity contribution in [3.8, 4) is 0 Å². The Morgan fingerprint density at radius 3 is 2.94 bits per heavy atom. The van der Waals surface area contributed by atoms with Gasteiger partial charge in [0.15, 0.2) is 0 Å². The van der Waals surface area contributed by atoms with E-state index in [1.165, 1.54) is 12.8 Å². The fraction of sp³-hybridized carbons (Fsp3) is 0.917. The summed E-state index contributed by atoms with van der Waals surface area (Å²) >= 11 is 0. The molecule has 2 fully saturated rings. The second-order valence-electron chi connectivity index (χ2n) is 5.17. The van der Waals surface area contributed by atoms with Crippen molar-refractivity contribution in [3.63, 3.8) is 0 Å². The Balaban J connectivity index is 1.84. The van der Waals surface area contributed by atoms with Crippen molar-refractivity contribution in [2.45, 2.75) is 32.2 Å². The number of hydrogen-bond acceptors (Lipinski definition) is 3. The zero-order valence-corrected chi connectivity index (χ0v) is 10.1. The van der Waals surface area contributed by atoms with Gasteiger partial charge in [-0.3, -0.25) is 9.69 Å². The predicted molar refractivity (Wildman–Crippen MR) is 63.9 cm³/mol. The van der Waals surface area contributed by atoms with E-state index in [4.69, 9.17) is 5.73 Å². The maximum atomic E-state index is 11.5. The van der Waals surface area contributed by atoms with Gasteiger partial charge >= 0.3 is 0 Å². The molecule has 1 aliphatic carbocycles. The summed E-state index contributed by atoms with van der Waals surface area (Å²) < 4.78 is 0. The first-order valence-electron chi connectivity index (χ1n) is 6.45. The second-order valence-corrected chi connectivity index (χ2v) is 5.17. The maximum absolute atomic E-state index is 11.5. The molecule has 0 aromatic carbocycles. The summed E-state index contributed by atoms with van der Waals surface area (Å²) in [4.78, 5) is 13.8. The van der Waals surface area contributed by atoms with Crippen LogP contribution >= 0.6 is 0 Å². The molecule has 1 aliphatic heterocycles. The Morgan fingerprint density at radius 1 is 1.44 bits per heavy atom. The molecule has 1 saturated heterocycles. The average Bonchev–Trinajstić information content (AvgIpc) is 2.62. The smallest absolute Gasteiger partial charge is 0.234 e. The van der Waals surface area contributed by atoms with E-state index in [2.05, 4.69) is 10.2 Å². The number of carbonyl (C=O) groups is 1. The molecule has 0 aromatic rings. The summed E-state index contributed by atoms with van der Waals surface area (Å²) in [6.45, 7) is 5.31. The molecule has 4 nitrogen and oxygen atoms in total. The zero-order valence-electron chi connectivity index (χ0n) is 10.1. The molecule has 0 aromatic heterocycles. The monoisotopic (exact) mass is 225 g/mol. The summed E-state index contributed by atoms with van der Waals surface area (Å²) in [6, 6.07) is 0.359. The van der Waals surface area contributed by atoms with Gasteiger partial charge in [0.05, 0.1) is 6.54 Å². The zero-order chi connectivity index (χ0) is 11.5. The first-order chi connectivity index (χ1) is 7.70. The summed E-state index contributed by atoms with van der Waals surface area (Å²) in [6.07, 6.45) is 3.72. The number of likely N-dealkylation sites (tertiary alicyclic amines) is 1. The molecule has 3 atom stereocenters. The normalized spacial score (nSPS) is 34.8. The van der Waals surface area contributed by atoms with Crippen molar-refractivity contribution in [3.05, 3.63) is 0 Å². The fourth-order valence-electron chi connectivity index (χ4n) is 3.19. The van der Waals surface area contributed by atoms with Crippen LogP contribution in [0, 0.1) is 11.8 Å². The molecule has 4 heteroatoms. The van der Waals surface area contributed by atoms with Crippen LogP contribution in [0.25, 0.3) is 0 Å². The van der Waals surface area contributed by atoms with E-state index in [1.54, 1.807) is 0 Å². The molecule has 2 aliphatic rings. The average molecular weight is 225 g/mol. The van der Waals surface area contributed by atoms with Crippen LogP contribution in [-0.4, -0.2) is 43.0 Å². The second kappa shape index (κ2) is 5.15. The third-order valence-corrected chi connectivity index (χ3v) is 3.97. The van der Waals surface area contributed by atoms with E-state index in [1.807, 2.05) is 6.92 Å². The van der Waals surface area contributed by atoms with E-state index >= 15 is 0 Å². The molecular weight excluding hydrogens is 202 g/mol. The lowest BCUT2D eigenvalue weighted by Crippen LogP contribution is -2.39. The first-order valence-corrected chi connectivity index (χ1v) is 6.45. The van der Waals surface area contributed by atoms with Gasteiger partial charge < -0.3 is 11.1 Å². The minimum atomic E-state index is 0.148. The Bertz CT molecular complexity index is 257. The first kappa shape index (κ1) is 11.9. The van der Waals surface area contributed by atoms with Crippen LogP contribution in [0.3, 0.4) is 0 Å². The topological polar surface area (TPSA) is 58.4 Å². The third-order valence-electron chi connectivity index (χ3n) is 3.97. The van der Waals surface area contributed by atoms with Crippen LogP contribution < -0.4 is 11.1 Å². The lowest BCUT2D eigenvalue weighted by atomic mass is 9.78. The quantitative estimate of drug-likeness (QED) is 0.720. The van der Waals surface area contributed by atoms with Gasteiger partial charge in [-0.2, -0.15) is 0 Å². The molecule has 92 valence electrons. The molecule has 2 rings (SSSR count). The number of hydrogen-bond donors (Lipinski definition) is 2. The van der Waals surface area contributed by atoms with E-state index in [0.29, 0.717) is 18.5 Å². The lowest BCUT2D eigenvalue weighted by Gasteiger charge is -2.29. The summed E-state index contributed by atoms with van der Waals surface area (Å²) in [5.41, 5.74) is 6.14. The van der Waals surface area contributed by atoms with E-state index in [9.17, 15) is 4.79 Å². The maximum Gasteiger partial charge on any atom is 0.234 e. The Hall–Kier alpha value is -0.610. The molecule has 0 spiro atoms. The minimum Gasteiger partial charge on any atom is -0.355 e. The predicted octanol–water partition coefficient (Wildman–Crippen LogP) is 0.182. The SMILES string of the molecule is CCNC(=O)CN1CC2CCCC(N)C2C1. The molecule has 1 saturated carbocycles. The van der Waals surface area contributed by atoms with Crippen molar-refractivity contribution in [2.24, 2.45) is 17.6 Å². The molecular formula is C12H23N3O.